The lowest BCUT2D eigenvalue weighted by Gasteiger charge is -2.20. The first kappa shape index (κ1) is 17.9. The van der Waals surface area contributed by atoms with Gasteiger partial charge < -0.3 is 14.5 Å². The lowest BCUT2D eigenvalue weighted by molar-refractivity contribution is -0.137. The minimum absolute atomic E-state index is 0.106. The predicted octanol–water partition coefficient (Wildman–Crippen LogP) is 1.13. The van der Waals surface area contributed by atoms with Gasteiger partial charge in [-0.15, -0.1) is 11.8 Å². The number of aromatic amines is 1. The molecule has 10 heteroatoms. The molecule has 134 valence electrons. The van der Waals surface area contributed by atoms with Crippen LogP contribution in [0, 0.1) is 0 Å². The maximum atomic E-state index is 12.7. The fraction of sp³-hybridized carbons (Fsp3) is 0.333. The van der Waals surface area contributed by atoms with Crippen molar-refractivity contribution in [2.24, 2.45) is 0 Å². The molecule has 0 saturated heterocycles. The van der Waals surface area contributed by atoms with Crippen molar-refractivity contribution in [2.75, 3.05) is 14.2 Å². The van der Waals surface area contributed by atoms with Crippen LogP contribution in [0.25, 0.3) is 11.0 Å². The van der Waals surface area contributed by atoms with Crippen LogP contribution in [0.2, 0.25) is 0 Å². The van der Waals surface area contributed by atoms with Gasteiger partial charge in [0.1, 0.15) is 11.8 Å². The van der Waals surface area contributed by atoms with Crippen molar-refractivity contribution in [1.29, 1.82) is 0 Å². The molecule has 0 amide bonds. The third-order valence-corrected chi connectivity index (χ3v) is 7.27. The van der Waals surface area contributed by atoms with Crippen LogP contribution in [0.1, 0.15) is 5.56 Å². The van der Waals surface area contributed by atoms with Gasteiger partial charge in [-0.25, -0.2) is 22.9 Å². The van der Waals surface area contributed by atoms with E-state index >= 15 is 0 Å². The number of hydrogen-bond donors (Lipinski definition) is 2. The van der Waals surface area contributed by atoms with Crippen LogP contribution < -0.4 is 4.72 Å². The van der Waals surface area contributed by atoms with Gasteiger partial charge in [-0.1, -0.05) is 0 Å². The van der Waals surface area contributed by atoms with Crippen molar-refractivity contribution >= 4 is 38.8 Å². The number of H-pyrrole nitrogens is 1. The molecule has 1 aliphatic heterocycles. The zero-order valence-electron chi connectivity index (χ0n) is 13.6. The Hall–Kier alpha value is -1.88. The van der Waals surface area contributed by atoms with E-state index in [9.17, 15) is 13.2 Å². The molecular weight excluding hydrogens is 366 g/mol. The van der Waals surface area contributed by atoms with Crippen LogP contribution in [0.5, 0.6) is 0 Å². The molecule has 0 aliphatic carbocycles. The highest BCUT2D eigenvalue weighted by molar-refractivity contribution is 8.14. The first-order valence-electron chi connectivity index (χ1n) is 7.34. The summed E-state index contributed by atoms with van der Waals surface area (Å²) in [6, 6.07) is 3.65. The van der Waals surface area contributed by atoms with Gasteiger partial charge in [-0.05, 0) is 23.1 Å². The fourth-order valence-electron chi connectivity index (χ4n) is 2.60. The summed E-state index contributed by atoms with van der Waals surface area (Å²) in [4.78, 5) is 18.9. The predicted molar refractivity (Wildman–Crippen MR) is 94.1 cm³/mol. The largest absolute Gasteiger partial charge is 0.466 e. The molecule has 1 aliphatic rings. The summed E-state index contributed by atoms with van der Waals surface area (Å²) < 4.78 is 36.8. The molecule has 2 atom stereocenters. The van der Waals surface area contributed by atoms with Crippen molar-refractivity contribution in [3.8, 4) is 0 Å². The highest BCUT2D eigenvalue weighted by Crippen LogP contribution is 2.36. The second-order valence-corrected chi connectivity index (χ2v) is 8.51. The quantitative estimate of drug-likeness (QED) is 0.719. The molecule has 2 aromatic rings. The maximum absolute atomic E-state index is 12.7. The zero-order valence-corrected chi connectivity index (χ0v) is 15.2. The number of sulfonamides is 1. The number of rotatable bonds is 6. The van der Waals surface area contributed by atoms with Gasteiger partial charge in [-0.3, -0.25) is 0 Å². The van der Waals surface area contributed by atoms with Crippen LogP contribution in [0.4, 0.5) is 0 Å². The van der Waals surface area contributed by atoms with E-state index in [1.807, 2.05) is 6.07 Å². The Balaban J connectivity index is 1.75. The Morgan fingerprint density at radius 3 is 2.96 bits per heavy atom. The number of nitrogens with zero attached hydrogens (tertiary/aromatic N) is 1. The molecule has 0 fully saturated rings. The van der Waals surface area contributed by atoms with Gasteiger partial charge in [0.2, 0.25) is 10.0 Å². The van der Waals surface area contributed by atoms with Gasteiger partial charge in [0, 0.05) is 31.4 Å². The molecule has 8 nitrogen and oxygen atoms in total. The molecule has 3 rings (SSSR count). The minimum Gasteiger partial charge on any atom is -0.466 e. The standard InChI is InChI=1S/C15H17N3O5S2/c1-22-12-11(14(19)23-2)8-24-15(12)25(20,21)18-7-9-6-17-13-10(9)4-3-5-16-13/h3-6,8,12,15,18H,7H2,1-2H3,(H,16,17). The molecule has 2 N–H and O–H groups in total. The fourth-order valence-corrected chi connectivity index (χ4v) is 5.57. The second kappa shape index (κ2) is 7.16. The second-order valence-electron chi connectivity index (χ2n) is 5.31. The van der Waals surface area contributed by atoms with E-state index in [-0.39, 0.29) is 12.1 Å². The zero-order chi connectivity index (χ0) is 18.0. The van der Waals surface area contributed by atoms with Gasteiger partial charge in [0.15, 0.2) is 4.58 Å². The van der Waals surface area contributed by atoms with Gasteiger partial charge in [-0.2, -0.15) is 0 Å². The van der Waals surface area contributed by atoms with Crippen LogP contribution in [-0.4, -0.2) is 49.3 Å². The average Bonchev–Trinajstić information content (AvgIpc) is 3.23. The Labute approximate surface area is 149 Å². The van der Waals surface area contributed by atoms with Crippen LogP contribution >= 0.6 is 11.8 Å². The summed E-state index contributed by atoms with van der Waals surface area (Å²) in [6.45, 7) is 0.106. The van der Waals surface area contributed by atoms with Gasteiger partial charge in [0.25, 0.3) is 0 Å². The molecule has 2 unspecified atom stereocenters. The summed E-state index contributed by atoms with van der Waals surface area (Å²) in [5, 5.41) is 2.32. The first-order chi connectivity index (χ1) is 12.0. The lowest BCUT2D eigenvalue weighted by Crippen LogP contribution is -2.40. The average molecular weight is 383 g/mol. The summed E-state index contributed by atoms with van der Waals surface area (Å²) in [5.41, 5.74) is 1.67. The van der Waals surface area contributed by atoms with E-state index in [0.29, 0.717) is 5.65 Å². The van der Waals surface area contributed by atoms with Crippen LogP contribution in [-0.2, 0) is 30.8 Å². The van der Waals surface area contributed by atoms with Crippen LogP contribution in [0.15, 0.2) is 35.5 Å². The molecular formula is C15H17N3O5S2. The number of nitrogens with one attached hydrogen (secondary N) is 2. The highest BCUT2D eigenvalue weighted by atomic mass is 32.3. The van der Waals surface area contributed by atoms with Crippen molar-refractivity contribution in [3.63, 3.8) is 0 Å². The number of fused-ring (bicyclic) bond motifs is 1. The van der Waals surface area contributed by atoms with E-state index in [2.05, 4.69) is 19.4 Å². The summed E-state index contributed by atoms with van der Waals surface area (Å²) in [6.07, 6.45) is 2.48. The maximum Gasteiger partial charge on any atom is 0.336 e. The Kier molecular flexibility index (Phi) is 5.13. The van der Waals surface area contributed by atoms with E-state index in [0.717, 1.165) is 22.7 Å². The van der Waals surface area contributed by atoms with Crippen molar-refractivity contribution in [2.45, 2.75) is 17.2 Å². The van der Waals surface area contributed by atoms with Crippen LogP contribution in [0.3, 0.4) is 0 Å². The normalized spacial score (nSPS) is 20.6. The Bertz CT molecular complexity index is 922. The number of carbonyl (C=O) groups excluding carboxylic acids is 1. The summed E-state index contributed by atoms with van der Waals surface area (Å²) >= 11 is 1.02. The third-order valence-electron chi connectivity index (χ3n) is 3.86. The molecule has 0 spiro atoms. The molecule has 3 heterocycles. The third kappa shape index (κ3) is 3.43. The number of esters is 1. The topological polar surface area (TPSA) is 110 Å². The first-order valence-corrected chi connectivity index (χ1v) is 9.83. The number of thioether (sulfide) groups is 1. The molecule has 0 bridgehead atoms. The Morgan fingerprint density at radius 1 is 1.44 bits per heavy atom. The van der Waals surface area contributed by atoms with Crippen molar-refractivity contribution in [1.82, 2.24) is 14.7 Å². The number of ether oxygens (including phenoxy) is 2. The van der Waals surface area contributed by atoms with E-state index in [1.54, 1.807) is 18.5 Å². The number of aromatic nitrogens is 2. The van der Waals surface area contributed by atoms with E-state index < -0.39 is 26.7 Å². The number of hydrogen-bond acceptors (Lipinski definition) is 7. The molecule has 0 aromatic carbocycles. The molecule has 2 aromatic heterocycles. The number of pyridine rings is 1. The number of carbonyl (C=O) groups is 1. The molecule has 25 heavy (non-hydrogen) atoms. The van der Waals surface area contributed by atoms with Crippen molar-refractivity contribution < 1.29 is 22.7 Å². The van der Waals surface area contributed by atoms with Crippen molar-refractivity contribution in [3.05, 3.63) is 41.1 Å². The van der Waals surface area contributed by atoms with Gasteiger partial charge in [0.05, 0.1) is 12.7 Å². The SMILES string of the molecule is COC(=O)C1=CSC(S(=O)(=O)NCc2c[nH]c3ncccc23)C1OC. The van der Waals surface area contributed by atoms with E-state index in [1.165, 1.54) is 19.6 Å². The summed E-state index contributed by atoms with van der Waals surface area (Å²) in [5.74, 6) is -0.597. The molecule has 0 saturated carbocycles. The number of methoxy groups -OCH3 is 2. The highest BCUT2D eigenvalue weighted by Gasteiger charge is 2.43. The Morgan fingerprint density at radius 2 is 2.24 bits per heavy atom. The minimum atomic E-state index is -3.75. The van der Waals surface area contributed by atoms with E-state index in [4.69, 9.17) is 4.74 Å². The monoisotopic (exact) mass is 383 g/mol. The van der Waals surface area contributed by atoms with Gasteiger partial charge >= 0.3 is 5.97 Å². The molecule has 0 radical (unpaired) electrons. The smallest absolute Gasteiger partial charge is 0.336 e. The summed E-state index contributed by atoms with van der Waals surface area (Å²) in [7, 11) is -1.14. The lowest BCUT2D eigenvalue weighted by atomic mass is 10.2.